The van der Waals surface area contributed by atoms with E-state index in [0.29, 0.717) is 24.2 Å². The van der Waals surface area contributed by atoms with Crippen molar-refractivity contribution in [2.24, 2.45) is 7.05 Å². The summed E-state index contributed by atoms with van der Waals surface area (Å²) in [6, 6.07) is -0.0730. The Kier molecular flexibility index (Phi) is 4.15. The first-order valence-electron chi connectivity index (χ1n) is 8.93. The van der Waals surface area contributed by atoms with Crippen molar-refractivity contribution in [1.82, 2.24) is 19.8 Å². The van der Waals surface area contributed by atoms with Gasteiger partial charge >= 0.3 is 0 Å². The molecule has 3 heterocycles. The number of hydrogen-bond donors (Lipinski definition) is 0. The summed E-state index contributed by atoms with van der Waals surface area (Å²) in [5, 5.41) is 8.10. The van der Waals surface area contributed by atoms with E-state index >= 15 is 0 Å². The smallest absolute Gasteiger partial charge is 0.276 e. The third-order valence-electron chi connectivity index (χ3n) is 5.24. The normalized spacial score (nSPS) is 19.9. The molecule has 1 amide bonds. The quantitative estimate of drug-likeness (QED) is 0.795. The topological polar surface area (TPSA) is 81.2 Å². The largest absolute Gasteiger partial charge is 0.360 e. The lowest BCUT2D eigenvalue weighted by Crippen LogP contribution is -2.37. The molecule has 1 saturated heterocycles. The van der Waals surface area contributed by atoms with Gasteiger partial charge in [0.15, 0.2) is 11.5 Å². The van der Waals surface area contributed by atoms with Gasteiger partial charge in [-0.15, -0.1) is 0 Å². The summed E-state index contributed by atoms with van der Waals surface area (Å²) in [6.07, 6.45) is 9.26. The van der Waals surface area contributed by atoms with Crippen molar-refractivity contribution >= 4 is 11.7 Å². The summed E-state index contributed by atoms with van der Waals surface area (Å²) in [5.74, 6) is 0.796. The lowest BCUT2D eigenvalue weighted by Gasteiger charge is -2.23. The summed E-state index contributed by atoms with van der Waals surface area (Å²) in [4.78, 5) is 27.3. The SMILES string of the molecule is Cn1cc(C(=O)CC2CCCN2C(=O)c2noc3c2CCCC3)cn1. The molecule has 0 bridgehead atoms. The summed E-state index contributed by atoms with van der Waals surface area (Å²) in [5.41, 5.74) is 2.02. The van der Waals surface area contributed by atoms with E-state index in [1.54, 1.807) is 29.0 Å². The Morgan fingerprint density at radius 1 is 1.28 bits per heavy atom. The first-order valence-corrected chi connectivity index (χ1v) is 8.93. The zero-order valence-corrected chi connectivity index (χ0v) is 14.4. The van der Waals surface area contributed by atoms with Crippen LogP contribution in [0.5, 0.6) is 0 Å². The van der Waals surface area contributed by atoms with Crippen LogP contribution in [-0.2, 0) is 19.9 Å². The molecule has 1 aliphatic heterocycles. The summed E-state index contributed by atoms with van der Waals surface area (Å²) in [6.45, 7) is 0.672. The van der Waals surface area contributed by atoms with Gasteiger partial charge in [0.25, 0.3) is 5.91 Å². The van der Waals surface area contributed by atoms with Gasteiger partial charge in [0.1, 0.15) is 5.76 Å². The zero-order valence-electron chi connectivity index (χ0n) is 14.4. The van der Waals surface area contributed by atoms with Crippen LogP contribution in [0.3, 0.4) is 0 Å². The number of rotatable bonds is 4. The average Bonchev–Trinajstić information content (AvgIpc) is 3.33. The highest BCUT2D eigenvalue weighted by atomic mass is 16.5. The zero-order chi connectivity index (χ0) is 17.4. The van der Waals surface area contributed by atoms with Crippen molar-refractivity contribution in [1.29, 1.82) is 0 Å². The fourth-order valence-electron chi connectivity index (χ4n) is 3.90. The molecule has 0 N–H and O–H groups in total. The molecule has 2 aliphatic rings. The number of aryl methyl sites for hydroxylation is 2. The third-order valence-corrected chi connectivity index (χ3v) is 5.24. The summed E-state index contributed by atoms with van der Waals surface area (Å²) < 4.78 is 7.00. The predicted octanol–water partition coefficient (Wildman–Crippen LogP) is 2.16. The van der Waals surface area contributed by atoms with Gasteiger partial charge in [-0.05, 0) is 32.1 Å². The molecule has 7 heteroatoms. The number of hydrogen-bond acceptors (Lipinski definition) is 5. The highest BCUT2D eigenvalue weighted by molar-refractivity contribution is 5.97. The van der Waals surface area contributed by atoms with E-state index in [1.165, 1.54) is 0 Å². The molecule has 1 fully saturated rings. The second kappa shape index (κ2) is 6.46. The number of Topliss-reactive ketones (excluding diaryl/α,β-unsaturated/α-hetero) is 1. The van der Waals surface area contributed by atoms with Gasteiger partial charge in [-0.25, -0.2) is 0 Å². The number of fused-ring (bicyclic) bond motifs is 1. The van der Waals surface area contributed by atoms with Crippen LogP contribution in [0.2, 0.25) is 0 Å². The maximum absolute atomic E-state index is 13.0. The maximum atomic E-state index is 13.0. The van der Waals surface area contributed by atoms with Gasteiger partial charge in [-0.3, -0.25) is 14.3 Å². The van der Waals surface area contributed by atoms with Gasteiger partial charge in [0.2, 0.25) is 0 Å². The lowest BCUT2D eigenvalue weighted by atomic mass is 9.96. The van der Waals surface area contributed by atoms with Crippen molar-refractivity contribution in [2.45, 2.75) is 51.0 Å². The Morgan fingerprint density at radius 2 is 2.12 bits per heavy atom. The van der Waals surface area contributed by atoms with E-state index in [2.05, 4.69) is 10.3 Å². The molecule has 7 nitrogen and oxygen atoms in total. The van der Waals surface area contributed by atoms with Crippen molar-refractivity contribution in [2.75, 3.05) is 6.54 Å². The van der Waals surface area contributed by atoms with E-state index in [1.807, 2.05) is 0 Å². The predicted molar refractivity (Wildman–Crippen MR) is 89.4 cm³/mol. The minimum absolute atomic E-state index is 0.0278. The van der Waals surface area contributed by atoms with Crippen LogP contribution in [-0.4, -0.2) is 44.1 Å². The monoisotopic (exact) mass is 342 g/mol. The molecule has 1 atom stereocenters. The number of amides is 1. The Balaban J connectivity index is 1.50. The van der Waals surface area contributed by atoms with Gasteiger partial charge in [-0.2, -0.15) is 5.10 Å². The highest BCUT2D eigenvalue weighted by Gasteiger charge is 2.35. The Labute approximate surface area is 146 Å². The molecule has 0 aromatic carbocycles. The van der Waals surface area contributed by atoms with Gasteiger partial charge in [-0.1, -0.05) is 5.16 Å². The second-order valence-corrected chi connectivity index (χ2v) is 6.96. The molecule has 0 radical (unpaired) electrons. The molecule has 2 aromatic rings. The second-order valence-electron chi connectivity index (χ2n) is 6.96. The summed E-state index contributed by atoms with van der Waals surface area (Å²) >= 11 is 0. The van der Waals surface area contributed by atoms with Gasteiger partial charge < -0.3 is 9.42 Å². The molecule has 0 saturated carbocycles. The highest BCUT2D eigenvalue weighted by Crippen LogP contribution is 2.28. The van der Waals surface area contributed by atoms with E-state index in [0.717, 1.165) is 49.8 Å². The van der Waals surface area contributed by atoms with Crippen molar-refractivity contribution in [3.05, 3.63) is 35.0 Å². The number of carbonyl (C=O) groups excluding carboxylic acids is 2. The van der Waals surface area contributed by atoms with Crippen LogP contribution in [0.1, 0.15) is 64.3 Å². The van der Waals surface area contributed by atoms with E-state index in [9.17, 15) is 9.59 Å². The minimum atomic E-state index is -0.0895. The fourth-order valence-corrected chi connectivity index (χ4v) is 3.90. The van der Waals surface area contributed by atoms with Crippen molar-refractivity contribution in [3.8, 4) is 0 Å². The van der Waals surface area contributed by atoms with Crippen molar-refractivity contribution in [3.63, 3.8) is 0 Å². The Hall–Kier alpha value is -2.44. The standard InChI is InChI=1S/C18H22N4O3/c1-21-11-12(10-19-21)15(23)9-13-5-4-8-22(13)18(24)17-14-6-2-3-7-16(14)25-20-17/h10-11,13H,2-9H2,1H3. The first-order chi connectivity index (χ1) is 12.1. The molecular formula is C18H22N4O3. The average molecular weight is 342 g/mol. The van der Waals surface area contributed by atoms with Gasteiger partial charge in [0.05, 0.1) is 11.8 Å². The Morgan fingerprint density at radius 3 is 2.92 bits per heavy atom. The van der Waals surface area contributed by atoms with Crippen LogP contribution in [0.4, 0.5) is 0 Å². The first kappa shape index (κ1) is 16.1. The molecule has 4 rings (SSSR count). The minimum Gasteiger partial charge on any atom is -0.360 e. The number of nitrogens with zero attached hydrogens (tertiary/aromatic N) is 4. The van der Waals surface area contributed by atoms with Crippen LogP contribution in [0.15, 0.2) is 16.9 Å². The Bertz CT molecular complexity index is 807. The third kappa shape index (κ3) is 2.99. The molecule has 2 aromatic heterocycles. The number of aromatic nitrogens is 3. The van der Waals surface area contributed by atoms with Crippen molar-refractivity contribution < 1.29 is 14.1 Å². The van der Waals surface area contributed by atoms with Crippen LogP contribution < -0.4 is 0 Å². The molecule has 1 unspecified atom stereocenters. The molecular weight excluding hydrogens is 320 g/mol. The van der Waals surface area contributed by atoms with Crippen LogP contribution in [0, 0.1) is 0 Å². The van der Waals surface area contributed by atoms with Crippen LogP contribution >= 0.6 is 0 Å². The number of likely N-dealkylation sites (tertiary alicyclic amines) is 1. The van der Waals surface area contributed by atoms with Gasteiger partial charge in [0, 0.05) is 44.2 Å². The van der Waals surface area contributed by atoms with Crippen LogP contribution in [0.25, 0.3) is 0 Å². The maximum Gasteiger partial charge on any atom is 0.276 e. The molecule has 25 heavy (non-hydrogen) atoms. The van der Waals surface area contributed by atoms with E-state index in [4.69, 9.17) is 4.52 Å². The molecule has 0 spiro atoms. The van der Waals surface area contributed by atoms with E-state index in [-0.39, 0.29) is 17.7 Å². The number of carbonyl (C=O) groups is 2. The lowest BCUT2D eigenvalue weighted by molar-refractivity contribution is 0.0706. The molecule has 132 valence electrons. The number of ketones is 1. The fraction of sp³-hybridized carbons (Fsp3) is 0.556. The summed E-state index contributed by atoms with van der Waals surface area (Å²) in [7, 11) is 1.79. The van der Waals surface area contributed by atoms with E-state index < -0.39 is 0 Å². The molecule has 1 aliphatic carbocycles.